The highest BCUT2D eigenvalue weighted by molar-refractivity contribution is 5.99. The van der Waals surface area contributed by atoms with E-state index in [2.05, 4.69) is 10.3 Å². The molecule has 0 bridgehead atoms. The Morgan fingerprint density at radius 2 is 2.00 bits per heavy atom. The van der Waals surface area contributed by atoms with Crippen molar-refractivity contribution < 1.29 is 24.2 Å². The van der Waals surface area contributed by atoms with Gasteiger partial charge in [0.2, 0.25) is 0 Å². The molecule has 1 aliphatic rings. The monoisotopic (exact) mass is 451 g/mol. The highest BCUT2D eigenvalue weighted by Crippen LogP contribution is 2.32. The number of H-pyrrole nitrogens is 1. The lowest BCUT2D eigenvalue weighted by molar-refractivity contribution is 0.0108. The summed E-state index contributed by atoms with van der Waals surface area (Å²) in [5.74, 6) is 0.454. The molecule has 0 fully saturated rings. The van der Waals surface area contributed by atoms with Crippen LogP contribution in [0.25, 0.3) is 10.9 Å². The van der Waals surface area contributed by atoms with Crippen LogP contribution in [0.5, 0.6) is 5.75 Å². The molecule has 0 radical (unpaired) electrons. The Hall–Kier alpha value is -3.52. The topological polar surface area (TPSA) is 104 Å². The Balaban J connectivity index is 1.60. The van der Waals surface area contributed by atoms with Crippen LogP contribution in [-0.2, 0) is 11.2 Å². The number of methoxy groups -OCH3 is 1. The number of aliphatic hydroxyl groups is 1. The summed E-state index contributed by atoms with van der Waals surface area (Å²) in [6.45, 7) is 5.48. The van der Waals surface area contributed by atoms with Gasteiger partial charge in [0, 0.05) is 34.8 Å². The summed E-state index contributed by atoms with van der Waals surface area (Å²) in [6, 6.07) is 12.2. The van der Waals surface area contributed by atoms with Crippen molar-refractivity contribution in [3.8, 4) is 5.75 Å². The molecule has 0 aliphatic carbocycles. The number of nitrogens with one attached hydrogen (secondary N) is 2. The minimum Gasteiger partial charge on any atom is -0.497 e. The molecule has 0 saturated heterocycles. The molecule has 0 saturated carbocycles. The molecule has 2 aromatic carbocycles. The Morgan fingerprint density at radius 1 is 1.24 bits per heavy atom. The third kappa shape index (κ3) is 4.80. The normalized spacial score (nSPS) is 16.6. The summed E-state index contributed by atoms with van der Waals surface area (Å²) in [6.07, 6.45) is 0.646. The molecular formula is C25H29N3O5. The van der Waals surface area contributed by atoms with Crippen molar-refractivity contribution in [3.05, 3.63) is 65.4 Å². The fraction of sp³-hybridized carbons (Fsp3) is 0.360. The molecule has 3 aromatic rings. The number of hydrogen-bond donors (Lipinski definition) is 3. The van der Waals surface area contributed by atoms with Crippen molar-refractivity contribution >= 4 is 22.9 Å². The van der Waals surface area contributed by atoms with E-state index in [0.717, 1.165) is 22.2 Å². The highest BCUT2D eigenvalue weighted by atomic mass is 16.6. The number of nitrogens with zero attached hydrogens (tertiary/aromatic N) is 1. The van der Waals surface area contributed by atoms with Gasteiger partial charge in [-0.3, -0.25) is 4.79 Å². The molecule has 2 amide bonds. The van der Waals surface area contributed by atoms with Gasteiger partial charge in [-0.1, -0.05) is 18.2 Å². The first-order chi connectivity index (χ1) is 15.7. The van der Waals surface area contributed by atoms with E-state index in [1.807, 2.05) is 24.4 Å². The van der Waals surface area contributed by atoms with Crippen molar-refractivity contribution in [1.82, 2.24) is 15.2 Å². The second kappa shape index (κ2) is 8.78. The Kier molecular flexibility index (Phi) is 6.03. The summed E-state index contributed by atoms with van der Waals surface area (Å²) in [7, 11) is 1.61. The van der Waals surface area contributed by atoms with Crippen molar-refractivity contribution in [1.29, 1.82) is 0 Å². The van der Waals surface area contributed by atoms with Gasteiger partial charge >= 0.3 is 6.09 Å². The van der Waals surface area contributed by atoms with E-state index in [4.69, 9.17) is 9.47 Å². The molecule has 2 heterocycles. The van der Waals surface area contributed by atoms with Crippen LogP contribution in [0.4, 0.5) is 4.79 Å². The molecule has 8 heteroatoms. The van der Waals surface area contributed by atoms with Crippen molar-refractivity contribution in [2.24, 2.45) is 0 Å². The average Bonchev–Trinajstić information content (AvgIpc) is 3.26. The summed E-state index contributed by atoms with van der Waals surface area (Å²) in [5, 5.41) is 14.6. The van der Waals surface area contributed by atoms with E-state index >= 15 is 0 Å². The van der Waals surface area contributed by atoms with Crippen molar-refractivity contribution in [3.63, 3.8) is 0 Å². The number of amides is 2. The molecule has 8 nitrogen and oxygen atoms in total. The largest absolute Gasteiger partial charge is 0.497 e. The fourth-order valence-corrected chi connectivity index (χ4v) is 4.13. The van der Waals surface area contributed by atoms with Crippen LogP contribution in [0.15, 0.2) is 48.7 Å². The number of benzene rings is 2. The highest BCUT2D eigenvalue weighted by Gasteiger charge is 2.37. The fourth-order valence-electron chi connectivity index (χ4n) is 4.13. The van der Waals surface area contributed by atoms with Gasteiger partial charge in [-0.15, -0.1) is 0 Å². The molecule has 1 aromatic heterocycles. The predicted molar refractivity (Wildman–Crippen MR) is 124 cm³/mol. The lowest BCUT2D eigenvalue weighted by atomic mass is 10.0. The van der Waals surface area contributed by atoms with Crippen LogP contribution in [0, 0.1) is 0 Å². The molecule has 33 heavy (non-hydrogen) atoms. The number of hydrogen-bond acceptors (Lipinski definition) is 5. The molecule has 3 N–H and O–H groups in total. The predicted octanol–water partition coefficient (Wildman–Crippen LogP) is 3.76. The van der Waals surface area contributed by atoms with Crippen molar-refractivity contribution in [2.75, 3.05) is 13.7 Å². The minimum absolute atomic E-state index is 0.116. The van der Waals surface area contributed by atoms with Crippen LogP contribution in [0.3, 0.4) is 0 Å². The van der Waals surface area contributed by atoms with E-state index in [1.165, 1.54) is 4.90 Å². The van der Waals surface area contributed by atoms with Crippen LogP contribution in [0.2, 0.25) is 0 Å². The van der Waals surface area contributed by atoms with Gasteiger partial charge < -0.3 is 29.8 Å². The number of aliphatic hydroxyl groups excluding tert-OH is 1. The standard InChI is InChI=1S/C25H29N3O5/c1-25(2,3)33-24(31)27-16(11-15-13-26-21-10-9-17(32-4)12-20(15)21)14-28-22(29)18-7-5-6-8-19(18)23(28)30/h5-10,12-13,16,22,26,29H,11,14H2,1-4H3,(H,27,31)/t16-,22?/m1/s1. The second-order valence-electron chi connectivity index (χ2n) is 9.19. The maximum Gasteiger partial charge on any atom is 0.407 e. The summed E-state index contributed by atoms with van der Waals surface area (Å²) >= 11 is 0. The van der Waals surface area contributed by atoms with Gasteiger partial charge in [0.25, 0.3) is 5.91 Å². The van der Waals surface area contributed by atoms with Gasteiger partial charge in [0.05, 0.1) is 13.2 Å². The number of carbonyl (C=O) groups is 2. The number of fused-ring (bicyclic) bond motifs is 2. The first-order valence-electron chi connectivity index (χ1n) is 10.9. The minimum atomic E-state index is -1.07. The van der Waals surface area contributed by atoms with Crippen LogP contribution >= 0.6 is 0 Å². The molecule has 0 spiro atoms. The SMILES string of the molecule is COc1ccc2[nH]cc(C[C@H](CN3C(=O)c4ccccc4C3O)NC(=O)OC(C)(C)C)c2c1. The molecule has 1 unspecified atom stereocenters. The van der Waals surface area contributed by atoms with Gasteiger partial charge in [-0.25, -0.2) is 4.79 Å². The van der Waals surface area contributed by atoms with Crippen LogP contribution < -0.4 is 10.1 Å². The number of ether oxygens (including phenoxy) is 2. The number of alkyl carbamates (subject to hydrolysis) is 1. The van der Waals surface area contributed by atoms with Gasteiger partial charge in [0.15, 0.2) is 6.23 Å². The summed E-state index contributed by atoms with van der Waals surface area (Å²) < 4.78 is 10.8. The quantitative estimate of drug-likeness (QED) is 0.529. The van der Waals surface area contributed by atoms with Crippen molar-refractivity contribution in [2.45, 2.75) is 45.1 Å². The third-order valence-corrected chi connectivity index (χ3v) is 5.60. The van der Waals surface area contributed by atoms with Gasteiger partial charge in [-0.05, 0) is 57.0 Å². The summed E-state index contributed by atoms with van der Waals surface area (Å²) in [5.41, 5.74) is 2.26. The van der Waals surface area contributed by atoms with E-state index in [-0.39, 0.29) is 12.5 Å². The molecule has 174 valence electrons. The zero-order valence-corrected chi connectivity index (χ0v) is 19.2. The Morgan fingerprint density at radius 3 is 2.70 bits per heavy atom. The lowest BCUT2D eigenvalue weighted by Gasteiger charge is -2.28. The van der Waals surface area contributed by atoms with E-state index in [1.54, 1.807) is 52.1 Å². The zero-order valence-electron chi connectivity index (χ0n) is 19.2. The number of aromatic nitrogens is 1. The Labute approximate surface area is 192 Å². The van der Waals surface area contributed by atoms with E-state index < -0.39 is 24.0 Å². The number of carbonyl (C=O) groups excluding carboxylic acids is 2. The molecule has 4 rings (SSSR count). The first-order valence-corrected chi connectivity index (χ1v) is 10.9. The summed E-state index contributed by atoms with van der Waals surface area (Å²) in [4.78, 5) is 30.2. The smallest absolute Gasteiger partial charge is 0.407 e. The zero-order chi connectivity index (χ0) is 23.8. The number of rotatable bonds is 6. The lowest BCUT2D eigenvalue weighted by Crippen LogP contribution is -2.47. The molecule has 1 aliphatic heterocycles. The third-order valence-electron chi connectivity index (χ3n) is 5.60. The molecule has 2 atom stereocenters. The first kappa shape index (κ1) is 22.7. The van der Waals surface area contributed by atoms with E-state index in [0.29, 0.717) is 17.5 Å². The van der Waals surface area contributed by atoms with Gasteiger partial charge in [-0.2, -0.15) is 0 Å². The number of aromatic amines is 1. The average molecular weight is 452 g/mol. The van der Waals surface area contributed by atoms with E-state index in [9.17, 15) is 14.7 Å². The Bertz CT molecular complexity index is 1180. The van der Waals surface area contributed by atoms with Crippen LogP contribution in [-0.4, -0.2) is 52.3 Å². The molecular weight excluding hydrogens is 422 g/mol. The maximum absolute atomic E-state index is 13.0. The van der Waals surface area contributed by atoms with Gasteiger partial charge in [0.1, 0.15) is 11.4 Å². The van der Waals surface area contributed by atoms with Crippen LogP contribution in [0.1, 0.15) is 48.5 Å². The second-order valence-corrected chi connectivity index (χ2v) is 9.19. The maximum atomic E-state index is 13.0.